The zero-order valence-corrected chi connectivity index (χ0v) is 12.2. The average molecular weight is 267 g/mol. The molecule has 3 nitrogen and oxygen atoms in total. The molecule has 0 unspecified atom stereocenters. The van der Waals surface area contributed by atoms with E-state index in [9.17, 15) is 4.79 Å². The number of aromatic nitrogens is 1. The molecule has 1 aliphatic rings. The number of Topliss-reactive ketones (excluding diaryl/α,β-unsaturated/α-hetero) is 1. The fourth-order valence-corrected chi connectivity index (χ4v) is 3.64. The molecule has 0 amide bonds. The Morgan fingerprint density at radius 3 is 2.72 bits per heavy atom. The summed E-state index contributed by atoms with van der Waals surface area (Å²) < 4.78 is 6.03. The minimum atomic E-state index is -0.236. The molecule has 0 bridgehead atoms. The molecule has 0 aliphatic heterocycles. The second kappa shape index (κ2) is 5.49. The molecule has 2 rings (SSSR count). The van der Waals surface area contributed by atoms with Gasteiger partial charge in [-0.15, -0.1) is 11.3 Å². The summed E-state index contributed by atoms with van der Waals surface area (Å²) in [7, 11) is 0. The second-order valence-corrected chi connectivity index (χ2v) is 6.06. The number of nitrogens with zero attached hydrogens (tertiary/aromatic N) is 1. The summed E-state index contributed by atoms with van der Waals surface area (Å²) in [5.41, 5.74) is 0.340. The van der Waals surface area contributed by atoms with E-state index in [1.165, 1.54) is 12.8 Å². The molecule has 1 heterocycles. The minimum absolute atomic E-state index is 0.0355. The Labute approximate surface area is 113 Å². The zero-order chi connectivity index (χ0) is 13.2. The van der Waals surface area contributed by atoms with Crippen LogP contribution in [0.4, 0.5) is 0 Å². The molecule has 1 aliphatic carbocycles. The van der Waals surface area contributed by atoms with E-state index in [0.29, 0.717) is 12.3 Å². The number of hydrogen-bond donors (Lipinski definition) is 0. The Hall–Kier alpha value is -0.740. The van der Waals surface area contributed by atoms with E-state index >= 15 is 0 Å². The standard InChI is InChI=1S/C14H21NO2S/c1-4-17-14(7-5-10(2)6-8-14)13-15-12(9-18-13)11(3)16/h9-10H,4-8H2,1-3H3. The van der Waals surface area contributed by atoms with Crippen LogP contribution in [0.1, 0.15) is 62.0 Å². The van der Waals surface area contributed by atoms with Crippen molar-refractivity contribution >= 4 is 17.1 Å². The van der Waals surface area contributed by atoms with Crippen molar-refractivity contribution < 1.29 is 9.53 Å². The highest BCUT2D eigenvalue weighted by atomic mass is 32.1. The van der Waals surface area contributed by atoms with E-state index in [2.05, 4.69) is 11.9 Å². The highest BCUT2D eigenvalue weighted by molar-refractivity contribution is 7.10. The monoisotopic (exact) mass is 267 g/mol. The van der Waals surface area contributed by atoms with Gasteiger partial charge in [-0.1, -0.05) is 6.92 Å². The normalized spacial score (nSPS) is 28.3. The Bertz CT molecular complexity index is 419. The predicted molar refractivity (Wildman–Crippen MR) is 73.1 cm³/mol. The van der Waals surface area contributed by atoms with Gasteiger partial charge < -0.3 is 4.74 Å². The third-order valence-corrected chi connectivity index (χ3v) is 4.78. The van der Waals surface area contributed by atoms with Crippen LogP contribution in [0.3, 0.4) is 0 Å². The molecule has 0 spiro atoms. The number of thiazole rings is 1. The first-order valence-electron chi connectivity index (χ1n) is 6.68. The van der Waals surface area contributed by atoms with Gasteiger partial charge in [0.15, 0.2) is 5.78 Å². The van der Waals surface area contributed by atoms with Gasteiger partial charge in [0.1, 0.15) is 16.3 Å². The number of hydrogen-bond acceptors (Lipinski definition) is 4. The van der Waals surface area contributed by atoms with Gasteiger partial charge in [0.2, 0.25) is 0 Å². The summed E-state index contributed by atoms with van der Waals surface area (Å²) >= 11 is 1.57. The van der Waals surface area contributed by atoms with Gasteiger partial charge in [0.05, 0.1) is 0 Å². The minimum Gasteiger partial charge on any atom is -0.368 e. The van der Waals surface area contributed by atoms with Crippen molar-refractivity contribution in [1.82, 2.24) is 4.98 Å². The van der Waals surface area contributed by atoms with Crippen molar-refractivity contribution in [3.63, 3.8) is 0 Å². The first-order chi connectivity index (χ1) is 8.57. The molecule has 4 heteroatoms. The van der Waals surface area contributed by atoms with Crippen LogP contribution in [0.15, 0.2) is 5.38 Å². The molecule has 0 radical (unpaired) electrons. The van der Waals surface area contributed by atoms with Crippen LogP contribution in [-0.4, -0.2) is 17.4 Å². The lowest BCUT2D eigenvalue weighted by atomic mass is 9.79. The number of carbonyl (C=O) groups excluding carboxylic acids is 1. The summed E-state index contributed by atoms with van der Waals surface area (Å²) in [6.07, 6.45) is 4.39. The van der Waals surface area contributed by atoms with Gasteiger partial charge in [-0.25, -0.2) is 4.98 Å². The quantitative estimate of drug-likeness (QED) is 0.779. The molecule has 0 saturated heterocycles. The van der Waals surface area contributed by atoms with Crippen LogP contribution >= 0.6 is 11.3 Å². The van der Waals surface area contributed by atoms with Crippen molar-refractivity contribution in [3.05, 3.63) is 16.1 Å². The lowest BCUT2D eigenvalue weighted by molar-refractivity contribution is -0.0776. The Morgan fingerprint density at radius 2 is 2.22 bits per heavy atom. The molecular weight excluding hydrogens is 246 g/mol. The van der Waals surface area contributed by atoms with Gasteiger partial charge in [-0.3, -0.25) is 4.79 Å². The third-order valence-electron chi connectivity index (χ3n) is 3.76. The summed E-state index contributed by atoms with van der Waals surface area (Å²) in [5, 5.41) is 2.85. The van der Waals surface area contributed by atoms with Gasteiger partial charge in [-0.2, -0.15) is 0 Å². The highest BCUT2D eigenvalue weighted by Crippen LogP contribution is 2.43. The van der Waals surface area contributed by atoms with Gasteiger partial charge in [-0.05, 0) is 38.5 Å². The van der Waals surface area contributed by atoms with Crippen molar-refractivity contribution in [2.75, 3.05) is 6.61 Å². The lowest BCUT2D eigenvalue weighted by Gasteiger charge is -2.37. The van der Waals surface area contributed by atoms with Gasteiger partial charge >= 0.3 is 0 Å². The lowest BCUT2D eigenvalue weighted by Crippen LogP contribution is -2.34. The topological polar surface area (TPSA) is 39.2 Å². The Balaban J connectivity index is 2.25. The van der Waals surface area contributed by atoms with Crippen molar-refractivity contribution in [1.29, 1.82) is 0 Å². The van der Waals surface area contributed by atoms with E-state index < -0.39 is 0 Å². The van der Waals surface area contributed by atoms with Gasteiger partial charge in [0.25, 0.3) is 0 Å². The molecule has 1 saturated carbocycles. The molecule has 1 aromatic rings. The molecule has 0 atom stereocenters. The van der Waals surface area contributed by atoms with E-state index in [-0.39, 0.29) is 11.4 Å². The number of ether oxygens (including phenoxy) is 1. The summed E-state index contributed by atoms with van der Waals surface area (Å²) in [5.74, 6) is 0.805. The molecule has 0 N–H and O–H groups in total. The molecule has 1 fully saturated rings. The van der Waals surface area contributed by atoms with Crippen molar-refractivity contribution in [2.45, 2.75) is 52.1 Å². The summed E-state index contributed by atoms with van der Waals surface area (Å²) in [4.78, 5) is 15.9. The van der Waals surface area contributed by atoms with E-state index in [4.69, 9.17) is 4.74 Å². The molecule has 0 aromatic carbocycles. The van der Waals surface area contributed by atoms with Crippen LogP contribution in [0.2, 0.25) is 0 Å². The van der Waals surface area contributed by atoms with Crippen LogP contribution in [0, 0.1) is 5.92 Å². The average Bonchev–Trinajstić information content (AvgIpc) is 2.83. The highest BCUT2D eigenvalue weighted by Gasteiger charge is 2.39. The van der Waals surface area contributed by atoms with Crippen molar-refractivity contribution in [2.24, 2.45) is 5.92 Å². The van der Waals surface area contributed by atoms with Crippen LogP contribution < -0.4 is 0 Å². The van der Waals surface area contributed by atoms with E-state index in [1.54, 1.807) is 18.3 Å². The SMILES string of the molecule is CCOC1(c2nc(C(C)=O)cs2)CCC(C)CC1. The van der Waals surface area contributed by atoms with Crippen molar-refractivity contribution in [3.8, 4) is 0 Å². The first-order valence-corrected chi connectivity index (χ1v) is 7.56. The Morgan fingerprint density at radius 1 is 1.56 bits per heavy atom. The zero-order valence-electron chi connectivity index (χ0n) is 11.4. The van der Waals surface area contributed by atoms with E-state index in [1.807, 2.05) is 12.3 Å². The smallest absolute Gasteiger partial charge is 0.178 e. The fraction of sp³-hybridized carbons (Fsp3) is 0.714. The molecular formula is C14H21NO2S. The second-order valence-electron chi connectivity index (χ2n) is 5.20. The maximum atomic E-state index is 11.4. The summed E-state index contributed by atoms with van der Waals surface area (Å²) in [6, 6.07) is 0. The predicted octanol–water partition coefficient (Wildman–Crippen LogP) is 3.79. The fourth-order valence-electron chi connectivity index (χ4n) is 2.57. The van der Waals surface area contributed by atoms with Crippen LogP contribution in [0.5, 0.6) is 0 Å². The van der Waals surface area contributed by atoms with Gasteiger partial charge in [0, 0.05) is 18.9 Å². The maximum Gasteiger partial charge on any atom is 0.178 e. The number of carbonyl (C=O) groups is 1. The van der Waals surface area contributed by atoms with E-state index in [0.717, 1.165) is 23.8 Å². The Kier molecular flexibility index (Phi) is 4.17. The maximum absolute atomic E-state index is 11.4. The van der Waals surface area contributed by atoms with Crippen LogP contribution in [-0.2, 0) is 10.3 Å². The third kappa shape index (κ3) is 2.64. The number of rotatable bonds is 4. The number of ketones is 1. The largest absolute Gasteiger partial charge is 0.368 e. The van der Waals surface area contributed by atoms with Crippen LogP contribution in [0.25, 0.3) is 0 Å². The molecule has 100 valence electrons. The molecule has 18 heavy (non-hydrogen) atoms. The summed E-state index contributed by atoms with van der Waals surface area (Å²) in [6.45, 7) is 6.58. The molecule has 1 aromatic heterocycles. The first kappa shape index (κ1) is 13.7.